The van der Waals surface area contributed by atoms with Crippen LogP contribution >= 0.6 is 11.6 Å². The molecule has 0 aliphatic heterocycles. The van der Waals surface area contributed by atoms with Crippen molar-refractivity contribution in [3.05, 3.63) is 23.2 Å². The maximum Gasteiger partial charge on any atom is 0.339 e. The van der Waals surface area contributed by atoms with Crippen LogP contribution in [-0.2, 0) is 7.05 Å². The van der Waals surface area contributed by atoms with Crippen molar-refractivity contribution in [1.29, 1.82) is 0 Å². The van der Waals surface area contributed by atoms with Gasteiger partial charge in [-0.2, -0.15) is 0 Å². The summed E-state index contributed by atoms with van der Waals surface area (Å²) in [5, 5.41) is 9.12. The number of fused-ring (bicyclic) bond motifs is 1. The minimum Gasteiger partial charge on any atom is -0.478 e. The topological polar surface area (TPSA) is 68.0 Å². The minimum absolute atomic E-state index is 0.131. The van der Waals surface area contributed by atoms with Gasteiger partial charge in [0.15, 0.2) is 5.15 Å². The van der Waals surface area contributed by atoms with Gasteiger partial charge in [0, 0.05) is 13.2 Å². The SMILES string of the molecule is Cn1cc(C(=O)O)c2ncnc(Cl)c21. The standard InChI is InChI=1S/C8H6ClN3O2/c1-12-2-4(8(13)14)5-6(12)7(9)11-3-10-5/h2-3H,1H3,(H,13,14). The van der Waals surface area contributed by atoms with Gasteiger partial charge in [0.05, 0.1) is 0 Å². The summed E-state index contributed by atoms with van der Waals surface area (Å²) < 4.78 is 1.60. The van der Waals surface area contributed by atoms with Crippen molar-refractivity contribution in [2.45, 2.75) is 0 Å². The molecule has 2 heterocycles. The van der Waals surface area contributed by atoms with Crippen LogP contribution in [0.15, 0.2) is 12.5 Å². The summed E-state index contributed by atoms with van der Waals surface area (Å²) in [6.07, 6.45) is 2.71. The third-order valence-corrected chi connectivity index (χ3v) is 2.22. The fourth-order valence-electron chi connectivity index (χ4n) is 1.34. The first-order valence-corrected chi connectivity index (χ1v) is 4.18. The highest BCUT2D eigenvalue weighted by molar-refractivity contribution is 6.34. The lowest BCUT2D eigenvalue weighted by Crippen LogP contribution is -1.95. The number of aromatic nitrogens is 3. The van der Waals surface area contributed by atoms with E-state index >= 15 is 0 Å². The molecule has 0 aliphatic carbocycles. The summed E-state index contributed by atoms with van der Waals surface area (Å²) in [5.41, 5.74) is 1.03. The van der Waals surface area contributed by atoms with Crippen molar-refractivity contribution in [3.63, 3.8) is 0 Å². The highest BCUT2D eigenvalue weighted by Crippen LogP contribution is 2.23. The highest BCUT2D eigenvalue weighted by atomic mass is 35.5. The molecule has 0 atom stereocenters. The van der Waals surface area contributed by atoms with Gasteiger partial charge in [0.1, 0.15) is 22.9 Å². The number of aryl methyl sites for hydroxylation is 1. The van der Waals surface area contributed by atoms with Crippen LogP contribution in [0.25, 0.3) is 11.0 Å². The Morgan fingerprint density at radius 2 is 2.29 bits per heavy atom. The van der Waals surface area contributed by atoms with E-state index in [1.54, 1.807) is 11.6 Å². The molecule has 0 saturated carbocycles. The smallest absolute Gasteiger partial charge is 0.339 e. The molecule has 0 fully saturated rings. The van der Waals surface area contributed by atoms with Gasteiger partial charge < -0.3 is 9.67 Å². The van der Waals surface area contributed by atoms with E-state index in [1.807, 2.05) is 0 Å². The molecule has 0 radical (unpaired) electrons. The Hall–Kier alpha value is -1.62. The van der Waals surface area contributed by atoms with Crippen LogP contribution < -0.4 is 0 Å². The van der Waals surface area contributed by atoms with Crippen LogP contribution in [0.4, 0.5) is 0 Å². The lowest BCUT2D eigenvalue weighted by atomic mass is 10.3. The van der Waals surface area contributed by atoms with E-state index in [-0.39, 0.29) is 10.7 Å². The van der Waals surface area contributed by atoms with E-state index in [9.17, 15) is 4.79 Å². The molecule has 1 N–H and O–H groups in total. The van der Waals surface area contributed by atoms with Crippen LogP contribution in [0.2, 0.25) is 5.15 Å². The largest absolute Gasteiger partial charge is 0.478 e. The Morgan fingerprint density at radius 1 is 1.57 bits per heavy atom. The molecule has 6 heteroatoms. The molecule has 14 heavy (non-hydrogen) atoms. The van der Waals surface area contributed by atoms with Crippen molar-refractivity contribution in [1.82, 2.24) is 14.5 Å². The number of hydrogen-bond acceptors (Lipinski definition) is 3. The Balaban J connectivity index is 2.91. The Morgan fingerprint density at radius 3 is 2.93 bits per heavy atom. The summed E-state index contributed by atoms with van der Waals surface area (Å²) >= 11 is 5.82. The van der Waals surface area contributed by atoms with Crippen LogP contribution in [0.1, 0.15) is 10.4 Å². The second kappa shape index (κ2) is 2.95. The normalized spacial score (nSPS) is 10.7. The van der Waals surface area contributed by atoms with Crippen LogP contribution in [0.5, 0.6) is 0 Å². The summed E-state index contributed by atoms with van der Waals surface area (Å²) in [6.45, 7) is 0. The number of nitrogens with zero attached hydrogens (tertiary/aromatic N) is 3. The van der Waals surface area contributed by atoms with E-state index in [4.69, 9.17) is 16.7 Å². The van der Waals surface area contributed by atoms with Crippen LogP contribution in [-0.4, -0.2) is 25.6 Å². The van der Waals surface area contributed by atoms with Gasteiger partial charge in [-0.3, -0.25) is 0 Å². The van der Waals surface area contributed by atoms with E-state index in [0.29, 0.717) is 11.0 Å². The number of halogens is 1. The van der Waals surface area contributed by atoms with Gasteiger partial charge in [-0.05, 0) is 0 Å². The Bertz CT molecular complexity index is 521. The van der Waals surface area contributed by atoms with Crippen molar-refractivity contribution < 1.29 is 9.90 Å². The van der Waals surface area contributed by atoms with E-state index in [0.717, 1.165) is 0 Å². The summed E-state index contributed by atoms with van der Waals surface area (Å²) in [6, 6.07) is 0. The second-order valence-corrected chi connectivity index (χ2v) is 3.18. The third-order valence-electron chi connectivity index (χ3n) is 1.94. The summed E-state index contributed by atoms with van der Waals surface area (Å²) in [5.74, 6) is -1.02. The number of carboxylic acids is 1. The van der Waals surface area contributed by atoms with E-state index in [1.165, 1.54) is 12.5 Å². The number of hydrogen-bond donors (Lipinski definition) is 1. The first-order chi connectivity index (χ1) is 6.61. The molecule has 0 aromatic carbocycles. The molecular weight excluding hydrogens is 206 g/mol. The Kier molecular flexibility index (Phi) is 1.89. The first kappa shape index (κ1) is 8.96. The fourth-order valence-corrected chi connectivity index (χ4v) is 1.61. The van der Waals surface area contributed by atoms with E-state index in [2.05, 4.69) is 9.97 Å². The molecule has 2 aromatic heterocycles. The number of carboxylic acid groups (broad SMARTS) is 1. The van der Waals surface area contributed by atoms with Crippen molar-refractivity contribution >= 4 is 28.6 Å². The maximum absolute atomic E-state index is 10.8. The van der Waals surface area contributed by atoms with Gasteiger partial charge in [-0.1, -0.05) is 11.6 Å². The van der Waals surface area contributed by atoms with Crippen molar-refractivity contribution in [2.75, 3.05) is 0 Å². The lowest BCUT2D eigenvalue weighted by molar-refractivity contribution is 0.0698. The summed E-state index contributed by atoms with van der Waals surface area (Å²) in [7, 11) is 1.70. The average Bonchev–Trinajstić information content (AvgIpc) is 2.45. The highest BCUT2D eigenvalue weighted by Gasteiger charge is 2.16. The fraction of sp³-hybridized carbons (Fsp3) is 0.125. The molecule has 72 valence electrons. The summed E-state index contributed by atoms with van der Waals surface area (Å²) in [4.78, 5) is 18.5. The number of rotatable bonds is 1. The molecule has 2 rings (SSSR count). The van der Waals surface area contributed by atoms with Crippen molar-refractivity contribution in [2.24, 2.45) is 7.05 Å². The van der Waals surface area contributed by atoms with Crippen LogP contribution in [0, 0.1) is 0 Å². The zero-order valence-corrected chi connectivity index (χ0v) is 7.99. The lowest BCUT2D eigenvalue weighted by Gasteiger charge is -1.95. The predicted molar refractivity (Wildman–Crippen MR) is 50.5 cm³/mol. The van der Waals surface area contributed by atoms with Gasteiger partial charge in [0.25, 0.3) is 0 Å². The molecular formula is C8H6ClN3O2. The minimum atomic E-state index is -1.02. The Labute approximate surface area is 84.0 Å². The molecule has 0 unspecified atom stereocenters. The zero-order chi connectivity index (χ0) is 10.3. The van der Waals surface area contributed by atoms with Gasteiger partial charge in [-0.25, -0.2) is 14.8 Å². The van der Waals surface area contributed by atoms with Gasteiger partial charge in [-0.15, -0.1) is 0 Å². The quantitative estimate of drug-likeness (QED) is 0.723. The number of aromatic carboxylic acids is 1. The number of carbonyl (C=O) groups is 1. The first-order valence-electron chi connectivity index (χ1n) is 3.80. The van der Waals surface area contributed by atoms with Crippen molar-refractivity contribution in [3.8, 4) is 0 Å². The molecule has 5 nitrogen and oxygen atoms in total. The molecule has 0 spiro atoms. The molecule has 0 amide bonds. The maximum atomic E-state index is 10.8. The molecule has 2 aromatic rings. The van der Waals surface area contributed by atoms with E-state index < -0.39 is 5.97 Å². The molecule has 0 saturated heterocycles. The molecule has 0 aliphatic rings. The third kappa shape index (κ3) is 1.13. The van der Waals surface area contributed by atoms with Gasteiger partial charge in [0.2, 0.25) is 0 Å². The zero-order valence-electron chi connectivity index (χ0n) is 7.23. The average molecular weight is 212 g/mol. The predicted octanol–water partition coefficient (Wildman–Crippen LogP) is 1.32. The second-order valence-electron chi connectivity index (χ2n) is 2.82. The monoisotopic (exact) mass is 211 g/mol. The van der Waals surface area contributed by atoms with Gasteiger partial charge >= 0.3 is 5.97 Å². The molecule has 0 bridgehead atoms. The van der Waals surface area contributed by atoms with Crippen LogP contribution in [0.3, 0.4) is 0 Å².